The third-order valence-corrected chi connectivity index (χ3v) is 8.53. The van der Waals surface area contributed by atoms with Crippen LogP contribution in [0.25, 0.3) is 76.5 Å². The molecule has 0 aromatic heterocycles. The van der Waals surface area contributed by atoms with Gasteiger partial charge in [-0.15, -0.1) is 0 Å². The van der Waals surface area contributed by atoms with Gasteiger partial charge in [0, 0.05) is 5.02 Å². The highest BCUT2D eigenvalue weighted by molar-refractivity contribution is 6.30. The van der Waals surface area contributed by atoms with Gasteiger partial charge in [0.25, 0.3) is 0 Å². The Kier molecular flexibility index (Phi) is 5.62. The van der Waals surface area contributed by atoms with Crippen molar-refractivity contribution in [3.8, 4) is 33.4 Å². The van der Waals surface area contributed by atoms with Gasteiger partial charge in [0.15, 0.2) is 0 Å². The Hall–Kier alpha value is -4.91. The summed E-state index contributed by atoms with van der Waals surface area (Å²) in [6.07, 6.45) is 0. The lowest BCUT2D eigenvalue weighted by molar-refractivity contribution is 1.64. The minimum absolute atomic E-state index is 0.746. The number of hydrogen-bond acceptors (Lipinski definition) is 0. The maximum atomic E-state index is 6.24. The SMILES string of the molecule is Clc1ccc(-c2ccc3c(-c4ccc5ccccc5c4)c4ccccc4c(-c4ccc5ccccc5c4)c3c2)cc1. The Morgan fingerprint density at radius 2 is 0.732 bits per heavy atom. The first-order valence-corrected chi connectivity index (χ1v) is 14.3. The van der Waals surface area contributed by atoms with Crippen LogP contribution in [0.1, 0.15) is 0 Å². The quantitative estimate of drug-likeness (QED) is 0.195. The first-order chi connectivity index (χ1) is 20.2. The third kappa shape index (κ3) is 4.08. The highest BCUT2D eigenvalue weighted by Gasteiger charge is 2.18. The monoisotopic (exact) mass is 540 g/mol. The molecule has 0 unspecified atom stereocenters. The molecular formula is C40H25Cl. The lowest BCUT2D eigenvalue weighted by atomic mass is 9.84. The van der Waals surface area contributed by atoms with Crippen molar-refractivity contribution in [3.63, 3.8) is 0 Å². The fraction of sp³-hybridized carbons (Fsp3) is 0. The molecular weight excluding hydrogens is 516 g/mol. The van der Waals surface area contributed by atoms with Crippen LogP contribution >= 0.6 is 11.6 Å². The van der Waals surface area contributed by atoms with E-state index in [0.29, 0.717) is 0 Å². The number of hydrogen-bond donors (Lipinski definition) is 0. The number of fused-ring (bicyclic) bond motifs is 4. The van der Waals surface area contributed by atoms with E-state index in [9.17, 15) is 0 Å². The van der Waals surface area contributed by atoms with E-state index in [1.807, 2.05) is 12.1 Å². The van der Waals surface area contributed by atoms with Crippen LogP contribution in [0.2, 0.25) is 5.02 Å². The second-order valence-corrected chi connectivity index (χ2v) is 11.1. The molecule has 0 N–H and O–H groups in total. The standard InChI is InChI=1S/C40H25Cl/c41-34-20-17-28(18-21-34)31-19-22-37-38(25-31)40(33-16-14-27-8-2-4-10-30(27)24-33)36-12-6-5-11-35(36)39(37)32-15-13-26-7-1-3-9-29(26)23-32/h1-25H. The van der Waals surface area contributed by atoms with Gasteiger partial charge in [-0.1, -0.05) is 133 Å². The van der Waals surface area contributed by atoms with E-state index in [0.717, 1.165) is 10.6 Å². The fourth-order valence-electron chi connectivity index (χ4n) is 6.31. The van der Waals surface area contributed by atoms with Crippen molar-refractivity contribution in [3.05, 3.63) is 157 Å². The van der Waals surface area contributed by atoms with Gasteiger partial charge in [-0.05, 0) is 107 Å². The molecule has 0 fully saturated rings. The predicted octanol–water partition coefficient (Wildman–Crippen LogP) is 12.0. The van der Waals surface area contributed by atoms with Gasteiger partial charge >= 0.3 is 0 Å². The second kappa shape index (κ2) is 9.63. The molecule has 0 amide bonds. The molecule has 8 aromatic rings. The molecule has 8 aromatic carbocycles. The molecule has 41 heavy (non-hydrogen) atoms. The van der Waals surface area contributed by atoms with Crippen molar-refractivity contribution in [2.75, 3.05) is 0 Å². The first kappa shape index (κ1) is 23.9. The molecule has 0 aliphatic carbocycles. The summed E-state index contributed by atoms with van der Waals surface area (Å²) in [5.41, 5.74) is 7.32. The molecule has 0 aliphatic heterocycles. The van der Waals surface area contributed by atoms with E-state index in [1.54, 1.807) is 0 Å². The molecule has 8 rings (SSSR count). The van der Waals surface area contributed by atoms with Crippen LogP contribution in [0.4, 0.5) is 0 Å². The van der Waals surface area contributed by atoms with Crippen LogP contribution in [0.3, 0.4) is 0 Å². The number of rotatable bonds is 3. The van der Waals surface area contributed by atoms with E-state index >= 15 is 0 Å². The molecule has 192 valence electrons. The topological polar surface area (TPSA) is 0 Å². The summed E-state index contributed by atoms with van der Waals surface area (Å²) < 4.78 is 0. The summed E-state index contributed by atoms with van der Waals surface area (Å²) in [7, 11) is 0. The van der Waals surface area contributed by atoms with Crippen molar-refractivity contribution in [1.82, 2.24) is 0 Å². The molecule has 0 aliphatic rings. The summed E-state index contributed by atoms with van der Waals surface area (Å²) in [6, 6.07) is 54.8. The summed E-state index contributed by atoms with van der Waals surface area (Å²) >= 11 is 6.24. The highest BCUT2D eigenvalue weighted by Crippen LogP contribution is 2.45. The summed E-state index contributed by atoms with van der Waals surface area (Å²) in [5, 5.41) is 10.8. The Balaban J connectivity index is 1.50. The summed E-state index contributed by atoms with van der Waals surface area (Å²) in [6.45, 7) is 0. The fourth-order valence-corrected chi connectivity index (χ4v) is 6.44. The van der Waals surface area contributed by atoms with Crippen LogP contribution in [-0.2, 0) is 0 Å². The molecule has 0 radical (unpaired) electrons. The van der Waals surface area contributed by atoms with Gasteiger partial charge in [-0.2, -0.15) is 0 Å². The zero-order valence-corrected chi connectivity index (χ0v) is 23.1. The average molecular weight is 541 g/mol. The lowest BCUT2D eigenvalue weighted by Crippen LogP contribution is -1.92. The maximum absolute atomic E-state index is 6.24. The van der Waals surface area contributed by atoms with Crippen molar-refractivity contribution < 1.29 is 0 Å². The molecule has 0 nitrogen and oxygen atoms in total. The van der Waals surface area contributed by atoms with Gasteiger partial charge in [0.05, 0.1) is 0 Å². The molecule has 0 bridgehead atoms. The van der Waals surface area contributed by atoms with Crippen LogP contribution in [-0.4, -0.2) is 0 Å². The van der Waals surface area contributed by atoms with Gasteiger partial charge in [-0.3, -0.25) is 0 Å². The van der Waals surface area contributed by atoms with E-state index in [2.05, 4.69) is 140 Å². The van der Waals surface area contributed by atoms with E-state index in [1.165, 1.54) is 70.9 Å². The number of benzene rings is 8. The van der Waals surface area contributed by atoms with E-state index in [4.69, 9.17) is 11.6 Å². The van der Waals surface area contributed by atoms with Crippen molar-refractivity contribution in [2.24, 2.45) is 0 Å². The van der Waals surface area contributed by atoms with Gasteiger partial charge in [0.1, 0.15) is 0 Å². The normalized spacial score (nSPS) is 11.5. The molecule has 0 spiro atoms. The number of halogens is 1. The van der Waals surface area contributed by atoms with Gasteiger partial charge in [0.2, 0.25) is 0 Å². The first-order valence-electron chi connectivity index (χ1n) is 14.0. The molecule has 0 heterocycles. The molecule has 0 saturated carbocycles. The average Bonchev–Trinajstić information content (AvgIpc) is 3.03. The van der Waals surface area contributed by atoms with E-state index in [-0.39, 0.29) is 0 Å². The Morgan fingerprint density at radius 1 is 0.293 bits per heavy atom. The minimum Gasteiger partial charge on any atom is -0.0843 e. The van der Waals surface area contributed by atoms with Crippen molar-refractivity contribution in [2.45, 2.75) is 0 Å². The highest BCUT2D eigenvalue weighted by atomic mass is 35.5. The van der Waals surface area contributed by atoms with Crippen LogP contribution in [0.5, 0.6) is 0 Å². The summed E-state index contributed by atoms with van der Waals surface area (Å²) in [4.78, 5) is 0. The Morgan fingerprint density at radius 3 is 1.32 bits per heavy atom. The molecule has 0 atom stereocenters. The van der Waals surface area contributed by atoms with Crippen LogP contribution in [0.15, 0.2) is 152 Å². The van der Waals surface area contributed by atoms with E-state index < -0.39 is 0 Å². The largest absolute Gasteiger partial charge is 0.0843 e. The van der Waals surface area contributed by atoms with Gasteiger partial charge < -0.3 is 0 Å². The zero-order valence-electron chi connectivity index (χ0n) is 22.3. The summed E-state index contributed by atoms with van der Waals surface area (Å²) in [5.74, 6) is 0. The Bertz CT molecular complexity index is 2260. The van der Waals surface area contributed by atoms with Crippen LogP contribution in [0, 0.1) is 0 Å². The van der Waals surface area contributed by atoms with Crippen molar-refractivity contribution in [1.29, 1.82) is 0 Å². The zero-order chi connectivity index (χ0) is 27.3. The Labute approximate surface area is 244 Å². The minimum atomic E-state index is 0.746. The second-order valence-electron chi connectivity index (χ2n) is 10.7. The molecule has 0 saturated heterocycles. The maximum Gasteiger partial charge on any atom is 0.0406 e. The van der Waals surface area contributed by atoms with Gasteiger partial charge in [-0.25, -0.2) is 0 Å². The van der Waals surface area contributed by atoms with Crippen LogP contribution < -0.4 is 0 Å². The van der Waals surface area contributed by atoms with Crippen molar-refractivity contribution >= 4 is 54.7 Å². The lowest BCUT2D eigenvalue weighted by Gasteiger charge is -2.19. The molecule has 1 heteroatoms. The predicted molar refractivity (Wildman–Crippen MR) is 178 cm³/mol. The third-order valence-electron chi connectivity index (χ3n) is 8.28. The smallest absolute Gasteiger partial charge is 0.0406 e.